The molecule has 6 nitrogen and oxygen atoms in total. The van der Waals surface area contributed by atoms with Gasteiger partial charge in [-0.2, -0.15) is 0 Å². The van der Waals surface area contributed by atoms with Crippen LogP contribution in [0.3, 0.4) is 0 Å². The molecule has 2 saturated heterocycles. The van der Waals surface area contributed by atoms with Crippen LogP contribution in [0.1, 0.15) is 32.6 Å². The molecule has 0 saturated carbocycles. The summed E-state index contributed by atoms with van der Waals surface area (Å²) < 4.78 is 5.60. The molecule has 1 atom stereocenters. The molecule has 6 heteroatoms. The number of nitrogens with zero attached hydrogens (tertiary/aromatic N) is 2. The van der Waals surface area contributed by atoms with Crippen molar-refractivity contribution in [3.05, 3.63) is 24.3 Å². The van der Waals surface area contributed by atoms with Crippen molar-refractivity contribution in [1.82, 2.24) is 4.90 Å². The highest BCUT2D eigenvalue weighted by atomic mass is 16.5. The number of carbonyl (C=O) groups is 2. The molecule has 0 spiro atoms. The van der Waals surface area contributed by atoms with Crippen LogP contribution in [0, 0.1) is 0 Å². The minimum Gasteiger partial charge on any atom is -0.375 e. The number of ether oxygens (including phenoxy) is 1. The zero-order chi connectivity index (χ0) is 16.9. The van der Waals surface area contributed by atoms with Crippen LogP contribution in [0.5, 0.6) is 0 Å². The summed E-state index contributed by atoms with van der Waals surface area (Å²) in [7, 11) is 0. The lowest BCUT2D eigenvalue weighted by Gasteiger charge is -2.32. The number of hydrogen-bond donors (Lipinski definition) is 1. The first-order chi connectivity index (χ1) is 11.7. The first-order valence-corrected chi connectivity index (χ1v) is 8.75. The van der Waals surface area contributed by atoms with Gasteiger partial charge in [0.15, 0.2) is 0 Å². The van der Waals surface area contributed by atoms with Crippen molar-refractivity contribution in [2.24, 2.45) is 0 Å². The number of urea groups is 1. The van der Waals surface area contributed by atoms with Gasteiger partial charge in [-0.1, -0.05) is 13.0 Å². The van der Waals surface area contributed by atoms with Crippen LogP contribution in [-0.2, 0) is 9.53 Å². The minimum absolute atomic E-state index is 0.112. The van der Waals surface area contributed by atoms with E-state index in [1.54, 1.807) is 9.80 Å². The Morgan fingerprint density at radius 3 is 3.00 bits per heavy atom. The Labute approximate surface area is 142 Å². The van der Waals surface area contributed by atoms with Crippen molar-refractivity contribution in [1.29, 1.82) is 0 Å². The van der Waals surface area contributed by atoms with E-state index in [1.807, 2.05) is 24.3 Å². The fraction of sp³-hybridized carbons (Fsp3) is 0.556. The lowest BCUT2D eigenvalue weighted by molar-refractivity contribution is -0.119. The Balaban J connectivity index is 1.65. The second kappa shape index (κ2) is 7.66. The zero-order valence-electron chi connectivity index (χ0n) is 14.2. The number of carbonyl (C=O) groups excluding carboxylic acids is 2. The third-order valence-electron chi connectivity index (χ3n) is 4.61. The summed E-state index contributed by atoms with van der Waals surface area (Å²) >= 11 is 0. The third-order valence-corrected chi connectivity index (χ3v) is 4.61. The van der Waals surface area contributed by atoms with Gasteiger partial charge in [0, 0.05) is 37.4 Å². The van der Waals surface area contributed by atoms with E-state index in [-0.39, 0.29) is 18.0 Å². The average Bonchev–Trinajstić information content (AvgIpc) is 2.62. The molecule has 0 bridgehead atoms. The van der Waals surface area contributed by atoms with Crippen molar-refractivity contribution < 1.29 is 14.3 Å². The van der Waals surface area contributed by atoms with Gasteiger partial charge in [-0.25, -0.2) is 4.79 Å². The molecule has 24 heavy (non-hydrogen) atoms. The van der Waals surface area contributed by atoms with E-state index in [2.05, 4.69) is 12.2 Å². The molecule has 0 aromatic heterocycles. The lowest BCUT2D eigenvalue weighted by atomic mass is 10.1. The zero-order valence-corrected chi connectivity index (χ0v) is 14.2. The van der Waals surface area contributed by atoms with Crippen molar-refractivity contribution in [2.75, 3.05) is 36.5 Å². The monoisotopic (exact) mass is 331 g/mol. The molecule has 2 heterocycles. The van der Waals surface area contributed by atoms with Gasteiger partial charge < -0.3 is 19.9 Å². The van der Waals surface area contributed by atoms with Crippen molar-refractivity contribution in [2.45, 2.75) is 38.7 Å². The Hall–Kier alpha value is -2.08. The van der Waals surface area contributed by atoms with Gasteiger partial charge in [-0.15, -0.1) is 0 Å². The fourth-order valence-corrected chi connectivity index (χ4v) is 3.18. The maximum absolute atomic E-state index is 12.5. The molecule has 0 unspecified atom stereocenters. The third kappa shape index (κ3) is 3.87. The smallest absolute Gasteiger partial charge is 0.322 e. The topological polar surface area (TPSA) is 61.9 Å². The molecule has 2 aliphatic heterocycles. The standard InChI is InChI=1S/C18H25N3O3/c1-2-16-13-20(10-11-24-16)18(23)19-14-6-5-7-15(12-14)21-9-4-3-8-17(21)22/h5-7,12,16H,2-4,8-11,13H2,1H3,(H,19,23)/t16-/m1/s1. The van der Waals surface area contributed by atoms with E-state index in [1.165, 1.54) is 0 Å². The van der Waals surface area contributed by atoms with Gasteiger partial charge in [0.25, 0.3) is 0 Å². The number of anilines is 2. The Kier molecular flexibility index (Phi) is 5.35. The highest BCUT2D eigenvalue weighted by Crippen LogP contribution is 2.24. The van der Waals surface area contributed by atoms with Crippen LogP contribution in [0.4, 0.5) is 16.2 Å². The average molecular weight is 331 g/mol. The normalized spacial score (nSPS) is 21.7. The van der Waals surface area contributed by atoms with Crippen molar-refractivity contribution in [3.63, 3.8) is 0 Å². The van der Waals surface area contributed by atoms with Crippen molar-refractivity contribution in [3.8, 4) is 0 Å². The SMILES string of the molecule is CC[C@@H]1CN(C(=O)Nc2cccc(N3CCCCC3=O)c2)CCO1. The van der Waals surface area contributed by atoms with E-state index in [9.17, 15) is 9.59 Å². The molecule has 0 radical (unpaired) electrons. The van der Waals surface area contributed by atoms with Gasteiger partial charge in [0.1, 0.15) is 0 Å². The van der Waals surface area contributed by atoms with Crippen LogP contribution in [-0.4, -0.2) is 49.2 Å². The highest BCUT2D eigenvalue weighted by Gasteiger charge is 2.24. The van der Waals surface area contributed by atoms with Gasteiger partial charge in [0.2, 0.25) is 5.91 Å². The molecule has 130 valence electrons. The Bertz CT molecular complexity index is 605. The number of morpholine rings is 1. The van der Waals surface area contributed by atoms with E-state index >= 15 is 0 Å². The predicted octanol–water partition coefficient (Wildman–Crippen LogP) is 2.85. The molecule has 2 fully saturated rings. The van der Waals surface area contributed by atoms with Crippen LogP contribution < -0.4 is 10.2 Å². The first-order valence-electron chi connectivity index (χ1n) is 8.75. The minimum atomic E-state index is -0.112. The molecule has 1 aromatic rings. The maximum atomic E-state index is 12.5. The van der Waals surface area contributed by atoms with Gasteiger partial charge in [0.05, 0.1) is 12.7 Å². The number of nitrogens with one attached hydrogen (secondary N) is 1. The van der Waals surface area contributed by atoms with Crippen LogP contribution in [0.2, 0.25) is 0 Å². The molecule has 3 rings (SSSR count). The molecular weight excluding hydrogens is 306 g/mol. The summed E-state index contributed by atoms with van der Waals surface area (Å²) in [5.41, 5.74) is 1.57. The second-order valence-electron chi connectivity index (χ2n) is 6.33. The van der Waals surface area contributed by atoms with E-state index in [4.69, 9.17) is 4.74 Å². The Morgan fingerprint density at radius 1 is 1.33 bits per heavy atom. The number of rotatable bonds is 3. The van der Waals surface area contributed by atoms with Gasteiger partial charge >= 0.3 is 6.03 Å². The van der Waals surface area contributed by atoms with Crippen LogP contribution >= 0.6 is 0 Å². The summed E-state index contributed by atoms with van der Waals surface area (Å²) in [6.07, 6.45) is 3.59. The largest absolute Gasteiger partial charge is 0.375 e. The fourth-order valence-electron chi connectivity index (χ4n) is 3.18. The number of amides is 3. The highest BCUT2D eigenvalue weighted by molar-refractivity contribution is 5.95. The predicted molar refractivity (Wildman–Crippen MR) is 93.3 cm³/mol. The quantitative estimate of drug-likeness (QED) is 0.926. The number of benzene rings is 1. The summed E-state index contributed by atoms with van der Waals surface area (Å²) in [6.45, 7) is 4.61. The van der Waals surface area contributed by atoms with E-state index < -0.39 is 0 Å². The molecule has 2 aliphatic rings. The lowest BCUT2D eigenvalue weighted by Crippen LogP contribution is -2.47. The summed E-state index contributed by atoms with van der Waals surface area (Å²) in [4.78, 5) is 28.1. The summed E-state index contributed by atoms with van der Waals surface area (Å²) in [6, 6.07) is 7.41. The molecule has 3 amide bonds. The first kappa shape index (κ1) is 16.8. The van der Waals surface area contributed by atoms with Crippen LogP contribution in [0.15, 0.2) is 24.3 Å². The van der Waals surface area contributed by atoms with Crippen LogP contribution in [0.25, 0.3) is 0 Å². The number of hydrogen-bond acceptors (Lipinski definition) is 3. The Morgan fingerprint density at radius 2 is 2.21 bits per heavy atom. The maximum Gasteiger partial charge on any atom is 0.322 e. The summed E-state index contributed by atoms with van der Waals surface area (Å²) in [5, 5.41) is 2.94. The summed E-state index contributed by atoms with van der Waals surface area (Å²) in [5.74, 6) is 0.156. The molecular formula is C18H25N3O3. The molecule has 0 aliphatic carbocycles. The van der Waals surface area contributed by atoms with Gasteiger partial charge in [-0.05, 0) is 37.5 Å². The van der Waals surface area contributed by atoms with E-state index in [0.29, 0.717) is 26.1 Å². The van der Waals surface area contributed by atoms with Gasteiger partial charge in [-0.3, -0.25) is 4.79 Å². The van der Waals surface area contributed by atoms with Crippen molar-refractivity contribution >= 4 is 23.3 Å². The second-order valence-corrected chi connectivity index (χ2v) is 6.33. The number of piperidine rings is 1. The molecule has 1 aromatic carbocycles. The van der Waals surface area contributed by atoms with E-state index in [0.717, 1.165) is 37.2 Å². The molecule has 1 N–H and O–H groups in total.